The highest BCUT2D eigenvalue weighted by Gasteiger charge is 2.24. The fraction of sp³-hybridized carbons (Fsp3) is 0.300. The molecule has 6 heteroatoms. The molecule has 2 aliphatic rings. The number of para-hydroxylation sites is 1. The van der Waals surface area contributed by atoms with E-state index in [1.54, 1.807) is 24.3 Å². The van der Waals surface area contributed by atoms with Crippen molar-refractivity contribution < 1.29 is 14.3 Å². The molecular formula is C20H21N3O3. The van der Waals surface area contributed by atoms with Gasteiger partial charge in [-0.1, -0.05) is 18.2 Å². The second-order valence-corrected chi connectivity index (χ2v) is 6.71. The fourth-order valence-corrected chi connectivity index (χ4v) is 2.96. The van der Waals surface area contributed by atoms with Crippen molar-refractivity contribution in [2.24, 2.45) is 0 Å². The van der Waals surface area contributed by atoms with Crippen LogP contribution in [0, 0.1) is 0 Å². The Morgan fingerprint density at radius 1 is 1.04 bits per heavy atom. The van der Waals surface area contributed by atoms with Crippen molar-refractivity contribution in [3.05, 3.63) is 59.7 Å². The number of rotatable bonds is 5. The largest absolute Gasteiger partial charge is 0.488 e. The Hall–Kier alpha value is -3.02. The SMILES string of the molecule is O=C(Nc1ccc(C(=O)NC[C@@H]2Cc3ccccc3O2)cc1)NC1CC1. The van der Waals surface area contributed by atoms with Crippen LogP contribution >= 0.6 is 0 Å². The first-order valence-electron chi connectivity index (χ1n) is 8.88. The van der Waals surface area contributed by atoms with Crippen molar-refractivity contribution in [1.29, 1.82) is 0 Å². The number of urea groups is 1. The van der Waals surface area contributed by atoms with E-state index in [-0.39, 0.29) is 18.0 Å². The zero-order chi connectivity index (χ0) is 17.9. The molecule has 0 radical (unpaired) electrons. The maximum absolute atomic E-state index is 12.3. The summed E-state index contributed by atoms with van der Waals surface area (Å²) < 4.78 is 5.82. The van der Waals surface area contributed by atoms with Gasteiger partial charge in [0, 0.05) is 23.7 Å². The minimum Gasteiger partial charge on any atom is -0.488 e. The van der Waals surface area contributed by atoms with Crippen LogP contribution in [0.25, 0.3) is 0 Å². The van der Waals surface area contributed by atoms with Crippen LogP contribution in [-0.4, -0.2) is 30.6 Å². The summed E-state index contributed by atoms with van der Waals surface area (Å²) in [5.41, 5.74) is 2.38. The average Bonchev–Trinajstić information content (AvgIpc) is 3.35. The Morgan fingerprint density at radius 2 is 1.81 bits per heavy atom. The standard InChI is InChI=1S/C20H21N3O3/c24-19(21-12-17-11-14-3-1-2-4-18(14)26-17)13-5-7-15(8-6-13)22-20(25)23-16-9-10-16/h1-8,16-17H,9-12H2,(H,21,24)(H2,22,23,25)/t17-/m0/s1. The molecule has 1 aliphatic heterocycles. The Bertz CT molecular complexity index is 790. The van der Waals surface area contributed by atoms with E-state index < -0.39 is 0 Å². The third-order valence-corrected chi connectivity index (χ3v) is 4.52. The molecule has 26 heavy (non-hydrogen) atoms. The van der Waals surface area contributed by atoms with E-state index in [2.05, 4.69) is 16.0 Å². The molecule has 6 nitrogen and oxygen atoms in total. The third kappa shape index (κ3) is 3.96. The molecule has 0 aromatic heterocycles. The minimum atomic E-state index is -0.206. The lowest BCUT2D eigenvalue weighted by Gasteiger charge is -2.12. The van der Waals surface area contributed by atoms with Gasteiger partial charge in [-0.3, -0.25) is 4.79 Å². The molecule has 3 amide bonds. The van der Waals surface area contributed by atoms with Gasteiger partial charge in [-0.25, -0.2) is 4.79 Å². The van der Waals surface area contributed by atoms with Crippen LogP contribution in [-0.2, 0) is 6.42 Å². The summed E-state index contributed by atoms with van der Waals surface area (Å²) in [4.78, 5) is 24.0. The summed E-state index contributed by atoms with van der Waals surface area (Å²) in [6.07, 6.45) is 2.85. The van der Waals surface area contributed by atoms with Gasteiger partial charge in [-0.15, -0.1) is 0 Å². The predicted molar refractivity (Wildman–Crippen MR) is 98.5 cm³/mol. The summed E-state index contributed by atoms with van der Waals surface area (Å²) in [6, 6.07) is 14.9. The lowest BCUT2D eigenvalue weighted by atomic mass is 10.1. The number of hydrogen-bond donors (Lipinski definition) is 3. The Morgan fingerprint density at radius 3 is 2.54 bits per heavy atom. The first-order valence-corrected chi connectivity index (χ1v) is 8.88. The Labute approximate surface area is 151 Å². The molecular weight excluding hydrogens is 330 g/mol. The number of nitrogens with one attached hydrogen (secondary N) is 3. The maximum atomic E-state index is 12.3. The van der Waals surface area contributed by atoms with Gasteiger partial charge in [0.1, 0.15) is 11.9 Å². The molecule has 4 rings (SSSR count). The lowest BCUT2D eigenvalue weighted by Crippen LogP contribution is -2.34. The Balaban J connectivity index is 1.26. The first-order chi connectivity index (χ1) is 12.7. The Kier molecular flexibility index (Phi) is 4.48. The van der Waals surface area contributed by atoms with E-state index in [1.165, 1.54) is 5.56 Å². The molecule has 1 heterocycles. The van der Waals surface area contributed by atoms with Crippen molar-refractivity contribution in [1.82, 2.24) is 10.6 Å². The van der Waals surface area contributed by atoms with Gasteiger partial charge in [-0.2, -0.15) is 0 Å². The molecule has 0 bridgehead atoms. The highest BCUT2D eigenvalue weighted by atomic mass is 16.5. The number of amides is 3. The van der Waals surface area contributed by atoms with E-state index in [4.69, 9.17) is 4.74 Å². The van der Waals surface area contributed by atoms with Crippen LogP contribution in [0.5, 0.6) is 5.75 Å². The smallest absolute Gasteiger partial charge is 0.319 e. The zero-order valence-electron chi connectivity index (χ0n) is 14.3. The predicted octanol–water partition coefficient (Wildman–Crippen LogP) is 2.70. The number of carbonyl (C=O) groups is 2. The molecule has 1 fully saturated rings. The molecule has 0 saturated heterocycles. The summed E-state index contributed by atoms with van der Waals surface area (Å²) in [5.74, 6) is 0.741. The number of benzene rings is 2. The highest BCUT2D eigenvalue weighted by Crippen LogP contribution is 2.27. The number of fused-ring (bicyclic) bond motifs is 1. The minimum absolute atomic E-state index is 0.0385. The molecule has 1 saturated carbocycles. The van der Waals surface area contributed by atoms with E-state index in [0.717, 1.165) is 25.0 Å². The molecule has 3 N–H and O–H groups in total. The normalized spacial score (nSPS) is 17.8. The molecule has 134 valence electrons. The third-order valence-electron chi connectivity index (χ3n) is 4.52. The van der Waals surface area contributed by atoms with E-state index in [1.807, 2.05) is 24.3 Å². The summed E-state index contributed by atoms with van der Waals surface area (Å²) in [5, 5.41) is 8.53. The first kappa shape index (κ1) is 16.4. The van der Waals surface area contributed by atoms with Crippen LogP contribution in [0.2, 0.25) is 0 Å². The second-order valence-electron chi connectivity index (χ2n) is 6.71. The van der Waals surface area contributed by atoms with Gasteiger partial charge in [0.05, 0.1) is 6.54 Å². The topological polar surface area (TPSA) is 79.5 Å². The zero-order valence-corrected chi connectivity index (χ0v) is 14.3. The van der Waals surface area contributed by atoms with Crippen molar-refractivity contribution in [3.63, 3.8) is 0 Å². The number of ether oxygens (including phenoxy) is 1. The monoisotopic (exact) mass is 351 g/mol. The van der Waals surface area contributed by atoms with Crippen molar-refractivity contribution in [2.45, 2.75) is 31.4 Å². The van der Waals surface area contributed by atoms with Crippen molar-refractivity contribution in [3.8, 4) is 5.75 Å². The van der Waals surface area contributed by atoms with Gasteiger partial charge < -0.3 is 20.7 Å². The van der Waals surface area contributed by atoms with Gasteiger partial charge in [0.15, 0.2) is 0 Å². The highest BCUT2D eigenvalue weighted by molar-refractivity contribution is 5.95. The number of hydrogen-bond acceptors (Lipinski definition) is 3. The fourth-order valence-electron chi connectivity index (χ4n) is 2.96. The van der Waals surface area contributed by atoms with Gasteiger partial charge in [0.25, 0.3) is 5.91 Å². The lowest BCUT2D eigenvalue weighted by molar-refractivity contribution is 0.0933. The number of anilines is 1. The summed E-state index contributed by atoms with van der Waals surface area (Å²) in [7, 11) is 0. The molecule has 2 aromatic rings. The second kappa shape index (κ2) is 7.07. The quantitative estimate of drug-likeness (QED) is 0.775. The van der Waals surface area contributed by atoms with Crippen LogP contribution in [0.1, 0.15) is 28.8 Å². The van der Waals surface area contributed by atoms with Crippen LogP contribution in [0.4, 0.5) is 10.5 Å². The van der Waals surface area contributed by atoms with Crippen molar-refractivity contribution >= 4 is 17.6 Å². The summed E-state index contributed by atoms with van der Waals surface area (Å²) in [6.45, 7) is 0.456. The van der Waals surface area contributed by atoms with Crippen LogP contribution in [0.15, 0.2) is 48.5 Å². The van der Waals surface area contributed by atoms with E-state index >= 15 is 0 Å². The van der Waals surface area contributed by atoms with E-state index in [0.29, 0.717) is 23.8 Å². The van der Waals surface area contributed by atoms with Crippen molar-refractivity contribution in [2.75, 3.05) is 11.9 Å². The molecule has 1 aliphatic carbocycles. The van der Waals surface area contributed by atoms with Crippen LogP contribution < -0.4 is 20.7 Å². The molecule has 2 aromatic carbocycles. The van der Waals surface area contributed by atoms with Crippen LogP contribution in [0.3, 0.4) is 0 Å². The van der Waals surface area contributed by atoms with E-state index in [9.17, 15) is 9.59 Å². The van der Waals surface area contributed by atoms with Gasteiger partial charge >= 0.3 is 6.03 Å². The average molecular weight is 351 g/mol. The summed E-state index contributed by atoms with van der Waals surface area (Å²) >= 11 is 0. The van der Waals surface area contributed by atoms with Gasteiger partial charge in [0.2, 0.25) is 0 Å². The molecule has 1 atom stereocenters. The molecule has 0 unspecified atom stereocenters. The number of carbonyl (C=O) groups excluding carboxylic acids is 2. The maximum Gasteiger partial charge on any atom is 0.319 e. The molecule has 0 spiro atoms. The van der Waals surface area contributed by atoms with Gasteiger partial charge in [-0.05, 0) is 48.7 Å².